The number of thioether (sulfide) groups is 1. The summed E-state index contributed by atoms with van der Waals surface area (Å²) in [6.07, 6.45) is 1.86. The molecule has 0 saturated carbocycles. The monoisotopic (exact) mass is 383 g/mol. The minimum Gasteiger partial charge on any atom is -0.326 e. The Labute approximate surface area is 161 Å². The summed E-state index contributed by atoms with van der Waals surface area (Å²) >= 11 is 2.04. The molecule has 1 aromatic rings. The van der Waals surface area contributed by atoms with Gasteiger partial charge in [-0.1, -0.05) is 12.1 Å². The fourth-order valence-corrected chi connectivity index (χ4v) is 4.50. The molecule has 2 heterocycles. The van der Waals surface area contributed by atoms with E-state index in [1.165, 1.54) is 17.1 Å². The maximum atomic E-state index is 12.6. The molecule has 0 unspecified atom stereocenters. The highest BCUT2D eigenvalue weighted by Gasteiger charge is 2.25. The van der Waals surface area contributed by atoms with E-state index in [0.717, 1.165) is 50.3 Å². The van der Waals surface area contributed by atoms with Crippen molar-refractivity contribution in [1.29, 1.82) is 0 Å². The number of amides is 1. The third-order valence-electron chi connectivity index (χ3n) is 5.06. The summed E-state index contributed by atoms with van der Waals surface area (Å²) in [4.78, 5) is 15.1. The molecule has 0 radical (unpaired) electrons. The van der Waals surface area contributed by atoms with E-state index in [-0.39, 0.29) is 24.2 Å². The van der Waals surface area contributed by atoms with E-state index in [9.17, 15) is 4.79 Å². The zero-order chi connectivity index (χ0) is 16.9. The molecule has 4 nitrogen and oxygen atoms in total. The van der Waals surface area contributed by atoms with E-state index < -0.39 is 0 Å². The van der Waals surface area contributed by atoms with Crippen LogP contribution in [0.2, 0.25) is 0 Å². The fraction of sp³-hybridized carbons (Fsp3) is 0.632. The van der Waals surface area contributed by atoms with Crippen LogP contribution in [0.3, 0.4) is 0 Å². The van der Waals surface area contributed by atoms with Gasteiger partial charge in [-0.2, -0.15) is 11.8 Å². The van der Waals surface area contributed by atoms with Gasteiger partial charge < -0.3 is 10.6 Å². The molecule has 2 fully saturated rings. The van der Waals surface area contributed by atoms with Gasteiger partial charge in [-0.3, -0.25) is 9.69 Å². The summed E-state index contributed by atoms with van der Waals surface area (Å²) in [5.74, 6) is 2.76. The van der Waals surface area contributed by atoms with Gasteiger partial charge >= 0.3 is 0 Å². The minimum absolute atomic E-state index is 0. The average molecular weight is 384 g/mol. The van der Waals surface area contributed by atoms with Crippen LogP contribution in [0.4, 0.5) is 5.69 Å². The number of rotatable bonds is 4. The highest BCUT2D eigenvalue weighted by molar-refractivity contribution is 7.99. The first-order valence-corrected chi connectivity index (χ1v) is 10.2. The number of anilines is 1. The normalized spacial score (nSPS) is 24.4. The number of carbonyl (C=O) groups is 1. The third kappa shape index (κ3) is 5.88. The van der Waals surface area contributed by atoms with Gasteiger partial charge in [0.25, 0.3) is 0 Å². The second-order valence-corrected chi connectivity index (χ2v) is 8.33. The molecule has 3 rings (SSSR count). The van der Waals surface area contributed by atoms with E-state index in [4.69, 9.17) is 0 Å². The molecule has 0 spiro atoms. The number of nitrogens with zero attached hydrogens (tertiary/aromatic N) is 1. The van der Waals surface area contributed by atoms with Gasteiger partial charge in [0.2, 0.25) is 5.91 Å². The summed E-state index contributed by atoms with van der Waals surface area (Å²) in [5, 5.41) is 6.60. The van der Waals surface area contributed by atoms with Gasteiger partial charge in [-0.25, -0.2) is 0 Å². The molecule has 0 bridgehead atoms. The van der Waals surface area contributed by atoms with Crippen molar-refractivity contribution in [2.75, 3.05) is 36.5 Å². The van der Waals surface area contributed by atoms with Crippen LogP contribution in [0, 0.1) is 12.8 Å². The molecule has 2 atom stereocenters. The molecule has 6 heteroatoms. The van der Waals surface area contributed by atoms with Crippen molar-refractivity contribution in [2.24, 2.45) is 5.92 Å². The Morgan fingerprint density at radius 1 is 1.36 bits per heavy atom. The first-order valence-electron chi connectivity index (χ1n) is 9.05. The standard InChI is InChI=1S/C19H29N3OS.ClH/c1-14-3-4-16(13-22-7-9-24-10-8-22)12-18(14)21-19(23)17-5-6-20-15(2)11-17;/h3-4,12,15,17,20H,5-11,13H2,1-2H3,(H,21,23);1H/t15-,17-;/m0./s1. The third-order valence-corrected chi connectivity index (χ3v) is 6.01. The van der Waals surface area contributed by atoms with Crippen LogP contribution in [-0.4, -0.2) is 48.0 Å². The minimum atomic E-state index is 0. The number of nitrogens with one attached hydrogen (secondary N) is 2. The quantitative estimate of drug-likeness (QED) is 0.837. The van der Waals surface area contributed by atoms with Gasteiger partial charge in [0.05, 0.1) is 0 Å². The first-order chi connectivity index (χ1) is 11.6. The van der Waals surface area contributed by atoms with Gasteiger partial charge in [0.15, 0.2) is 0 Å². The Balaban J connectivity index is 0.00000225. The number of hydrogen-bond donors (Lipinski definition) is 2. The second kappa shape index (κ2) is 9.81. The Hall–Kier alpha value is -0.750. The lowest BCUT2D eigenvalue weighted by molar-refractivity contribution is -0.120. The zero-order valence-electron chi connectivity index (χ0n) is 15.2. The largest absolute Gasteiger partial charge is 0.326 e. The highest BCUT2D eigenvalue weighted by Crippen LogP contribution is 2.23. The molecule has 0 aromatic heterocycles. The van der Waals surface area contributed by atoms with Crippen LogP contribution in [0.15, 0.2) is 18.2 Å². The zero-order valence-corrected chi connectivity index (χ0v) is 16.8. The number of carbonyl (C=O) groups excluding carboxylic acids is 1. The summed E-state index contributed by atoms with van der Waals surface area (Å²) in [7, 11) is 0. The summed E-state index contributed by atoms with van der Waals surface area (Å²) in [6.45, 7) is 8.46. The van der Waals surface area contributed by atoms with Crippen LogP contribution in [0.1, 0.15) is 30.9 Å². The summed E-state index contributed by atoms with van der Waals surface area (Å²) in [5.41, 5.74) is 3.42. The Morgan fingerprint density at radius 2 is 2.12 bits per heavy atom. The predicted molar refractivity (Wildman–Crippen MR) is 110 cm³/mol. The van der Waals surface area contributed by atoms with Crippen molar-refractivity contribution in [3.05, 3.63) is 29.3 Å². The van der Waals surface area contributed by atoms with Crippen molar-refractivity contribution in [1.82, 2.24) is 10.2 Å². The van der Waals surface area contributed by atoms with E-state index in [0.29, 0.717) is 6.04 Å². The first kappa shape index (κ1) is 20.6. The SMILES string of the molecule is Cc1ccc(CN2CCSCC2)cc1NC(=O)[C@H]1CCN[C@@H](C)C1.Cl. The number of piperidine rings is 1. The summed E-state index contributed by atoms with van der Waals surface area (Å²) in [6, 6.07) is 6.92. The molecule has 0 aliphatic carbocycles. The maximum Gasteiger partial charge on any atom is 0.227 e. The van der Waals surface area contributed by atoms with Crippen molar-refractivity contribution in [3.8, 4) is 0 Å². The topological polar surface area (TPSA) is 44.4 Å². The lowest BCUT2D eigenvalue weighted by Crippen LogP contribution is -2.40. The van der Waals surface area contributed by atoms with Crippen LogP contribution in [0.25, 0.3) is 0 Å². The Bertz CT molecular complexity index is 578. The van der Waals surface area contributed by atoms with E-state index in [1.54, 1.807) is 0 Å². The van der Waals surface area contributed by atoms with Gasteiger partial charge in [-0.15, -0.1) is 12.4 Å². The smallest absolute Gasteiger partial charge is 0.227 e. The highest BCUT2D eigenvalue weighted by atomic mass is 35.5. The number of benzene rings is 1. The second-order valence-electron chi connectivity index (χ2n) is 7.10. The molecule has 2 aliphatic rings. The van der Waals surface area contributed by atoms with Crippen molar-refractivity contribution < 1.29 is 4.79 Å². The Morgan fingerprint density at radius 3 is 2.84 bits per heavy atom. The molecular weight excluding hydrogens is 354 g/mol. The maximum absolute atomic E-state index is 12.6. The average Bonchev–Trinajstić information content (AvgIpc) is 2.59. The molecule has 25 heavy (non-hydrogen) atoms. The van der Waals surface area contributed by atoms with Gasteiger partial charge in [0.1, 0.15) is 0 Å². The van der Waals surface area contributed by atoms with Crippen LogP contribution < -0.4 is 10.6 Å². The Kier molecular flexibility index (Phi) is 8.07. The molecule has 140 valence electrons. The van der Waals surface area contributed by atoms with Gasteiger partial charge in [0, 0.05) is 48.8 Å². The van der Waals surface area contributed by atoms with E-state index in [2.05, 4.69) is 47.6 Å². The fourth-order valence-electron chi connectivity index (χ4n) is 3.52. The van der Waals surface area contributed by atoms with E-state index in [1.807, 2.05) is 11.8 Å². The predicted octanol–water partition coefficient (Wildman–Crippen LogP) is 3.29. The van der Waals surface area contributed by atoms with Crippen LogP contribution in [0.5, 0.6) is 0 Å². The molecule has 2 aliphatic heterocycles. The number of halogens is 1. The van der Waals surface area contributed by atoms with Gasteiger partial charge in [-0.05, 0) is 50.4 Å². The van der Waals surface area contributed by atoms with Crippen molar-refractivity contribution in [2.45, 2.75) is 39.3 Å². The van der Waals surface area contributed by atoms with E-state index >= 15 is 0 Å². The molecule has 2 saturated heterocycles. The van der Waals surface area contributed by atoms with Crippen LogP contribution >= 0.6 is 24.2 Å². The van der Waals surface area contributed by atoms with Crippen molar-refractivity contribution >= 4 is 35.8 Å². The molecular formula is C19H30ClN3OS. The number of hydrogen-bond acceptors (Lipinski definition) is 4. The lowest BCUT2D eigenvalue weighted by atomic mass is 9.92. The number of aryl methyl sites for hydroxylation is 1. The molecule has 2 N–H and O–H groups in total. The lowest BCUT2D eigenvalue weighted by Gasteiger charge is -2.28. The molecule has 1 aromatic carbocycles. The summed E-state index contributed by atoms with van der Waals surface area (Å²) < 4.78 is 0. The molecule has 1 amide bonds. The van der Waals surface area contributed by atoms with Crippen molar-refractivity contribution in [3.63, 3.8) is 0 Å². The van der Waals surface area contributed by atoms with Crippen LogP contribution in [-0.2, 0) is 11.3 Å².